The summed E-state index contributed by atoms with van der Waals surface area (Å²) in [7, 11) is 2.00. The fourth-order valence-electron chi connectivity index (χ4n) is 4.02. The van der Waals surface area contributed by atoms with Crippen molar-refractivity contribution in [3.8, 4) is 6.07 Å². The maximum atomic E-state index is 14.1. The molecule has 1 atom stereocenters. The third-order valence-electron chi connectivity index (χ3n) is 5.67. The van der Waals surface area contributed by atoms with Crippen LogP contribution >= 0.6 is 0 Å². The average molecular weight is 396 g/mol. The Kier molecular flexibility index (Phi) is 5.76. The lowest BCUT2D eigenvalue weighted by molar-refractivity contribution is 0.122. The Balaban J connectivity index is 1.52. The summed E-state index contributed by atoms with van der Waals surface area (Å²) in [5.41, 5.74) is 0.773. The van der Waals surface area contributed by atoms with Gasteiger partial charge in [-0.1, -0.05) is 6.07 Å². The number of nitriles is 1. The molecule has 7 nitrogen and oxygen atoms in total. The van der Waals surface area contributed by atoms with Crippen molar-refractivity contribution in [1.29, 1.82) is 5.26 Å². The third kappa shape index (κ3) is 4.10. The van der Waals surface area contributed by atoms with E-state index in [0.717, 1.165) is 38.3 Å². The van der Waals surface area contributed by atoms with Crippen LogP contribution in [0.25, 0.3) is 0 Å². The van der Waals surface area contributed by atoms with Gasteiger partial charge in [0.05, 0.1) is 18.9 Å². The summed E-state index contributed by atoms with van der Waals surface area (Å²) in [4.78, 5) is 15.7. The zero-order chi connectivity index (χ0) is 20.2. The molecule has 1 aromatic carbocycles. The molecule has 0 saturated carbocycles. The van der Waals surface area contributed by atoms with Crippen molar-refractivity contribution < 1.29 is 9.13 Å². The van der Waals surface area contributed by atoms with Gasteiger partial charge < -0.3 is 19.4 Å². The Morgan fingerprint density at radius 1 is 1.21 bits per heavy atom. The van der Waals surface area contributed by atoms with Gasteiger partial charge in [0.15, 0.2) is 0 Å². The van der Waals surface area contributed by atoms with E-state index in [0.29, 0.717) is 31.4 Å². The number of aromatic nitrogens is 2. The van der Waals surface area contributed by atoms with Crippen molar-refractivity contribution in [1.82, 2.24) is 9.97 Å². The minimum absolute atomic E-state index is 0.112. The molecule has 0 bridgehead atoms. The molecule has 1 aromatic heterocycles. The largest absolute Gasteiger partial charge is 0.378 e. The average Bonchev–Trinajstić information content (AvgIpc) is 2.79. The molecule has 2 saturated heterocycles. The van der Waals surface area contributed by atoms with Crippen LogP contribution in [0.2, 0.25) is 0 Å². The predicted molar refractivity (Wildman–Crippen MR) is 110 cm³/mol. The lowest BCUT2D eigenvalue weighted by Gasteiger charge is -2.39. The number of anilines is 3. The number of nitrogens with zero attached hydrogens (tertiary/aromatic N) is 6. The van der Waals surface area contributed by atoms with Gasteiger partial charge in [0.25, 0.3) is 0 Å². The molecule has 2 aromatic rings. The van der Waals surface area contributed by atoms with Gasteiger partial charge in [0.2, 0.25) is 5.95 Å². The molecular weight excluding hydrogens is 371 g/mol. The number of hydrogen-bond donors (Lipinski definition) is 0. The molecule has 2 aliphatic rings. The van der Waals surface area contributed by atoms with E-state index in [1.807, 2.05) is 25.2 Å². The highest BCUT2D eigenvalue weighted by atomic mass is 19.1. The summed E-state index contributed by atoms with van der Waals surface area (Å²) < 4.78 is 19.5. The minimum atomic E-state index is -0.470. The van der Waals surface area contributed by atoms with Gasteiger partial charge in [-0.2, -0.15) is 10.2 Å². The molecule has 0 amide bonds. The van der Waals surface area contributed by atoms with Gasteiger partial charge in [-0.25, -0.2) is 9.37 Å². The summed E-state index contributed by atoms with van der Waals surface area (Å²) in [6, 6.07) is 8.93. The lowest BCUT2D eigenvalue weighted by Crippen LogP contribution is -2.47. The van der Waals surface area contributed by atoms with Gasteiger partial charge in [0.1, 0.15) is 23.3 Å². The van der Waals surface area contributed by atoms with Crippen LogP contribution in [0.1, 0.15) is 18.4 Å². The Hall–Kier alpha value is -2.92. The fraction of sp³-hybridized carbons (Fsp3) is 0.476. The number of morpholine rings is 1. The second kappa shape index (κ2) is 8.62. The third-order valence-corrected chi connectivity index (χ3v) is 5.67. The van der Waals surface area contributed by atoms with E-state index in [9.17, 15) is 9.65 Å². The van der Waals surface area contributed by atoms with Crippen molar-refractivity contribution in [3.05, 3.63) is 41.8 Å². The molecule has 0 N–H and O–H groups in total. The van der Waals surface area contributed by atoms with Gasteiger partial charge in [-0.05, 0) is 31.0 Å². The number of ether oxygens (including phenoxy) is 1. The number of halogens is 1. The Morgan fingerprint density at radius 3 is 2.83 bits per heavy atom. The first-order valence-corrected chi connectivity index (χ1v) is 9.99. The van der Waals surface area contributed by atoms with Crippen LogP contribution in [0.3, 0.4) is 0 Å². The molecular formula is C21H25FN6O. The fourth-order valence-corrected chi connectivity index (χ4v) is 4.02. The van der Waals surface area contributed by atoms with Gasteiger partial charge in [-0.15, -0.1) is 0 Å². The lowest BCUT2D eigenvalue weighted by atomic mass is 10.0. The van der Waals surface area contributed by atoms with Gasteiger partial charge in [-0.3, -0.25) is 0 Å². The molecule has 8 heteroatoms. The zero-order valence-electron chi connectivity index (χ0n) is 16.6. The summed E-state index contributed by atoms with van der Waals surface area (Å²) >= 11 is 0. The second-order valence-electron chi connectivity index (χ2n) is 7.41. The maximum absolute atomic E-state index is 14.1. The van der Waals surface area contributed by atoms with E-state index in [1.54, 1.807) is 12.3 Å². The number of piperidine rings is 1. The summed E-state index contributed by atoms with van der Waals surface area (Å²) in [6.45, 7) is 4.57. The van der Waals surface area contributed by atoms with E-state index in [2.05, 4.69) is 19.7 Å². The SMILES string of the molecule is CN(c1nccc(N2CCOCC2)n1)C1CCCN(c2cccc(F)c2C#N)C1. The van der Waals surface area contributed by atoms with E-state index >= 15 is 0 Å². The van der Waals surface area contributed by atoms with Crippen LogP contribution in [-0.2, 0) is 4.74 Å². The first kappa shape index (κ1) is 19.4. The standard InChI is InChI=1S/C21H25FN6O/c1-26(21-24-8-7-20(25-21)27-10-12-29-13-11-27)16-4-3-9-28(15-16)19-6-2-5-18(22)17(19)14-23/h2,5-8,16H,3-4,9-13,15H2,1H3. The quantitative estimate of drug-likeness (QED) is 0.786. The molecule has 4 rings (SSSR count). The molecule has 2 aliphatic heterocycles. The van der Waals surface area contributed by atoms with Crippen molar-refractivity contribution in [3.63, 3.8) is 0 Å². The molecule has 29 heavy (non-hydrogen) atoms. The topological polar surface area (TPSA) is 68.5 Å². The molecule has 1 unspecified atom stereocenters. The van der Waals surface area contributed by atoms with Crippen LogP contribution in [-0.4, -0.2) is 62.5 Å². The Morgan fingerprint density at radius 2 is 2.03 bits per heavy atom. The number of rotatable bonds is 4. The Bertz CT molecular complexity index is 895. The predicted octanol–water partition coefficient (Wildman–Crippen LogP) is 2.43. The molecule has 152 valence electrons. The van der Waals surface area contributed by atoms with Crippen LogP contribution < -0.4 is 14.7 Å². The van der Waals surface area contributed by atoms with Gasteiger partial charge in [0, 0.05) is 45.5 Å². The summed E-state index contributed by atoms with van der Waals surface area (Å²) in [5.74, 6) is 1.12. The number of hydrogen-bond acceptors (Lipinski definition) is 7. The van der Waals surface area contributed by atoms with E-state index in [4.69, 9.17) is 9.72 Å². The number of benzene rings is 1. The van der Waals surface area contributed by atoms with Crippen molar-refractivity contribution >= 4 is 17.5 Å². The first-order valence-electron chi connectivity index (χ1n) is 9.99. The molecule has 3 heterocycles. The van der Waals surface area contributed by atoms with E-state index in [1.165, 1.54) is 6.07 Å². The van der Waals surface area contributed by atoms with Crippen LogP contribution in [0.4, 0.5) is 21.8 Å². The minimum Gasteiger partial charge on any atom is -0.378 e. The molecule has 0 aliphatic carbocycles. The summed E-state index contributed by atoms with van der Waals surface area (Å²) in [5, 5.41) is 9.38. The monoisotopic (exact) mass is 396 g/mol. The Labute approximate surface area is 170 Å². The molecule has 2 fully saturated rings. The van der Waals surface area contributed by atoms with Gasteiger partial charge >= 0.3 is 0 Å². The van der Waals surface area contributed by atoms with Crippen molar-refractivity contribution in [2.24, 2.45) is 0 Å². The van der Waals surface area contributed by atoms with E-state index in [-0.39, 0.29) is 11.6 Å². The highest BCUT2D eigenvalue weighted by Crippen LogP contribution is 2.28. The maximum Gasteiger partial charge on any atom is 0.227 e. The smallest absolute Gasteiger partial charge is 0.227 e. The molecule has 0 radical (unpaired) electrons. The highest BCUT2D eigenvalue weighted by molar-refractivity contribution is 5.60. The first-order chi connectivity index (χ1) is 14.2. The highest BCUT2D eigenvalue weighted by Gasteiger charge is 2.27. The van der Waals surface area contributed by atoms with Crippen LogP contribution in [0.15, 0.2) is 30.5 Å². The molecule has 0 spiro atoms. The zero-order valence-corrected chi connectivity index (χ0v) is 16.6. The number of likely N-dealkylation sites (N-methyl/N-ethyl adjacent to an activating group) is 1. The van der Waals surface area contributed by atoms with E-state index < -0.39 is 5.82 Å². The summed E-state index contributed by atoms with van der Waals surface area (Å²) in [6.07, 6.45) is 3.75. The van der Waals surface area contributed by atoms with Crippen molar-refractivity contribution in [2.75, 3.05) is 61.1 Å². The second-order valence-corrected chi connectivity index (χ2v) is 7.41. The van der Waals surface area contributed by atoms with Crippen LogP contribution in [0.5, 0.6) is 0 Å². The normalized spacial score (nSPS) is 19.7. The van der Waals surface area contributed by atoms with Crippen molar-refractivity contribution in [2.45, 2.75) is 18.9 Å². The van der Waals surface area contributed by atoms with Crippen LogP contribution in [0, 0.1) is 17.1 Å².